The molecule has 22 heavy (non-hydrogen) atoms. The first-order valence-corrected chi connectivity index (χ1v) is 6.91. The third kappa shape index (κ3) is 2.37. The summed E-state index contributed by atoms with van der Waals surface area (Å²) in [4.78, 5) is 1.60. The molecule has 1 aliphatic heterocycles. The summed E-state index contributed by atoms with van der Waals surface area (Å²) in [5, 5.41) is 8.81. The maximum absolute atomic E-state index is 5.71. The topological polar surface area (TPSA) is 84.4 Å². The minimum Gasteiger partial charge on any atom is -0.492 e. The van der Waals surface area contributed by atoms with E-state index in [2.05, 4.69) is 10.2 Å². The fraction of sp³-hybridized carbons (Fsp3) is 0.200. The van der Waals surface area contributed by atoms with Gasteiger partial charge in [0.15, 0.2) is 11.5 Å². The molecule has 112 valence electrons. The molecule has 7 nitrogen and oxygen atoms in total. The highest BCUT2D eigenvalue weighted by Gasteiger charge is 2.16. The van der Waals surface area contributed by atoms with Crippen LogP contribution in [0.4, 0.5) is 5.69 Å². The number of nitrogens with zero attached hydrogens (tertiary/aromatic N) is 3. The molecule has 0 saturated carbocycles. The number of benzene rings is 2. The third-order valence-corrected chi connectivity index (χ3v) is 3.33. The lowest BCUT2D eigenvalue weighted by Gasteiger charge is -2.05. The lowest BCUT2D eigenvalue weighted by molar-refractivity contribution is 0.174. The summed E-state index contributed by atoms with van der Waals surface area (Å²) in [6.07, 6.45) is 0. The molecule has 2 aromatic carbocycles. The smallest absolute Gasteiger partial charge is 0.231 e. The summed E-state index contributed by atoms with van der Waals surface area (Å²) >= 11 is 0. The molecule has 0 aliphatic carbocycles. The maximum Gasteiger partial charge on any atom is 0.231 e. The second kappa shape index (κ2) is 5.10. The van der Waals surface area contributed by atoms with Gasteiger partial charge in [-0.1, -0.05) is 6.07 Å². The summed E-state index contributed by atoms with van der Waals surface area (Å²) in [5.41, 5.74) is 7.92. The van der Waals surface area contributed by atoms with E-state index in [1.165, 1.54) is 0 Å². The second-order valence-electron chi connectivity index (χ2n) is 4.91. The summed E-state index contributed by atoms with van der Waals surface area (Å²) in [6.45, 7) is 1.24. The largest absolute Gasteiger partial charge is 0.492 e. The molecule has 0 amide bonds. The highest BCUT2D eigenvalue weighted by atomic mass is 16.7. The van der Waals surface area contributed by atoms with Crippen molar-refractivity contribution in [3.05, 3.63) is 36.4 Å². The first-order valence-electron chi connectivity index (χ1n) is 6.91. The van der Waals surface area contributed by atoms with Gasteiger partial charge in [-0.2, -0.15) is 15.0 Å². The number of ether oxygens (including phenoxy) is 3. The zero-order chi connectivity index (χ0) is 14.9. The van der Waals surface area contributed by atoms with E-state index in [0.717, 1.165) is 16.8 Å². The molecule has 0 spiro atoms. The quantitative estimate of drug-likeness (QED) is 0.740. The minimum atomic E-state index is 0.246. The molecule has 1 aliphatic rings. The molecule has 1 aromatic heterocycles. The van der Waals surface area contributed by atoms with Crippen molar-refractivity contribution in [1.29, 1.82) is 0 Å². The average Bonchev–Trinajstić information content (AvgIpc) is 3.09. The second-order valence-corrected chi connectivity index (χ2v) is 4.91. The standard InChI is InChI=1S/C15H14N4O3/c16-10-2-1-3-11(6-10)20-5-4-19-17-12-7-14-15(22-9-21-14)8-13(12)18-19/h1-3,6-8H,4-5,9,16H2. The number of anilines is 1. The summed E-state index contributed by atoms with van der Waals surface area (Å²) < 4.78 is 16.3. The molecule has 2 heterocycles. The number of nitrogens with two attached hydrogens (primary N) is 1. The van der Waals surface area contributed by atoms with Crippen LogP contribution in [0.15, 0.2) is 36.4 Å². The van der Waals surface area contributed by atoms with Gasteiger partial charge in [0, 0.05) is 23.9 Å². The zero-order valence-electron chi connectivity index (χ0n) is 11.7. The Labute approximate surface area is 126 Å². The van der Waals surface area contributed by atoms with Crippen LogP contribution in [0.2, 0.25) is 0 Å². The van der Waals surface area contributed by atoms with Crippen molar-refractivity contribution in [2.24, 2.45) is 0 Å². The van der Waals surface area contributed by atoms with E-state index in [9.17, 15) is 0 Å². The van der Waals surface area contributed by atoms with E-state index in [0.29, 0.717) is 30.3 Å². The number of hydrogen-bond donors (Lipinski definition) is 1. The van der Waals surface area contributed by atoms with Gasteiger partial charge in [-0.15, -0.1) is 0 Å². The van der Waals surface area contributed by atoms with Crippen LogP contribution in [-0.4, -0.2) is 28.4 Å². The Kier molecular flexibility index (Phi) is 2.96. The van der Waals surface area contributed by atoms with Crippen LogP contribution in [0.5, 0.6) is 17.2 Å². The van der Waals surface area contributed by atoms with Crippen molar-refractivity contribution in [2.45, 2.75) is 6.54 Å². The first-order chi connectivity index (χ1) is 10.8. The van der Waals surface area contributed by atoms with Crippen LogP contribution >= 0.6 is 0 Å². The van der Waals surface area contributed by atoms with E-state index in [4.69, 9.17) is 19.9 Å². The lowest BCUT2D eigenvalue weighted by Crippen LogP contribution is -2.10. The fourth-order valence-corrected chi connectivity index (χ4v) is 2.30. The molecule has 0 bridgehead atoms. The van der Waals surface area contributed by atoms with Crippen molar-refractivity contribution in [2.75, 3.05) is 19.1 Å². The van der Waals surface area contributed by atoms with Crippen molar-refractivity contribution in [1.82, 2.24) is 15.0 Å². The molecular formula is C15H14N4O3. The highest BCUT2D eigenvalue weighted by Crippen LogP contribution is 2.34. The normalized spacial score (nSPS) is 12.7. The number of rotatable bonds is 4. The molecule has 0 fully saturated rings. The van der Waals surface area contributed by atoms with E-state index >= 15 is 0 Å². The predicted molar refractivity (Wildman–Crippen MR) is 80.0 cm³/mol. The maximum atomic E-state index is 5.71. The minimum absolute atomic E-state index is 0.246. The SMILES string of the molecule is Nc1cccc(OCCn2nc3cc4c(cc3n2)OCO4)c1. The molecular weight excluding hydrogens is 284 g/mol. The van der Waals surface area contributed by atoms with E-state index in [1.54, 1.807) is 10.9 Å². The van der Waals surface area contributed by atoms with Gasteiger partial charge in [-0.05, 0) is 12.1 Å². The molecule has 2 N–H and O–H groups in total. The Morgan fingerprint density at radius 2 is 1.82 bits per heavy atom. The van der Waals surface area contributed by atoms with Crippen molar-refractivity contribution in [3.63, 3.8) is 0 Å². The monoisotopic (exact) mass is 298 g/mol. The van der Waals surface area contributed by atoms with E-state index < -0.39 is 0 Å². The van der Waals surface area contributed by atoms with Gasteiger partial charge in [0.25, 0.3) is 0 Å². The Hall–Kier alpha value is -2.96. The fourth-order valence-electron chi connectivity index (χ4n) is 2.30. The van der Waals surface area contributed by atoms with Crippen molar-refractivity contribution < 1.29 is 14.2 Å². The molecule has 0 radical (unpaired) electrons. The predicted octanol–water partition coefficient (Wildman–Crippen LogP) is 1.82. The van der Waals surface area contributed by atoms with Gasteiger partial charge in [0.2, 0.25) is 6.79 Å². The third-order valence-electron chi connectivity index (χ3n) is 3.33. The lowest BCUT2D eigenvalue weighted by atomic mass is 10.3. The van der Waals surface area contributed by atoms with Gasteiger partial charge >= 0.3 is 0 Å². The number of hydrogen-bond acceptors (Lipinski definition) is 6. The molecule has 7 heteroatoms. The van der Waals surface area contributed by atoms with Crippen LogP contribution < -0.4 is 19.9 Å². The van der Waals surface area contributed by atoms with E-state index in [-0.39, 0.29) is 6.79 Å². The zero-order valence-corrected chi connectivity index (χ0v) is 11.7. The molecule has 0 atom stereocenters. The Morgan fingerprint density at radius 3 is 2.50 bits per heavy atom. The molecule has 3 aromatic rings. The molecule has 0 saturated heterocycles. The number of nitrogen functional groups attached to an aromatic ring is 1. The van der Waals surface area contributed by atoms with Gasteiger partial charge in [0.05, 0.1) is 6.54 Å². The Morgan fingerprint density at radius 1 is 1.09 bits per heavy atom. The van der Waals surface area contributed by atoms with Gasteiger partial charge < -0.3 is 19.9 Å². The summed E-state index contributed by atoms with van der Waals surface area (Å²) in [5.74, 6) is 2.14. The summed E-state index contributed by atoms with van der Waals surface area (Å²) in [7, 11) is 0. The van der Waals surface area contributed by atoms with Crippen molar-refractivity contribution in [3.8, 4) is 17.2 Å². The van der Waals surface area contributed by atoms with Crippen LogP contribution in [0.3, 0.4) is 0 Å². The first kappa shape index (κ1) is 12.8. The molecule has 4 rings (SSSR count). The molecule has 0 unspecified atom stereocenters. The number of aromatic nitrogens is 3. The van der Waals surface area contributed by atoms with Gasteiger partial charge in [-0.25, -0.2) is 0 Å². The number of fused-ring (bicyclic) bond motifs is 2. The average molecular weight is 298 g/mol. The Bertz CT molecular complexity index is 790. The Balaban J connectivity index is 1.46. The van der Waals surface area contributed by atoms with Crippen LogP contribution in [0, 0.1) is 0 Å². The van der Waals surface area contributed by atoms with Crippen LogP contribution in [0.1, 0.15) is 0 Å². The van der Waals surface area contributed by atoms with Gasteiger partial charge in [0.1, 0.15) is 23.4 Å². The van der Waals surface area contributed by atoms with Crippen LogP contribution in [0.25, 0.3) is 11.0 Å². The van der Waals surface area contributed by atoms with Gasteiger partial charge in [-0.3, -0.25) is 0 Å². The summed E-state index contributed by atoms with van der Waals surface area (Å²) in [6, 6.07) is 11.0. The van der Waals surface area contributed by atoms with E-state index in [1.807, 2.05) is 30.3 Å². The van der Waals surface area contributed by atoms with Crippen molar-refractivity contribution >= 4 is 16.7 Å². The van der Waals surface area contributed by atoms with Crippen LogP contribution in [-0.2, 0) is 6.54 Å². The highest BCUT2D eigenvalue weighted by molar-refractivity contribution is 5.78.